The van der Waals surface area contributed by atoms with E-state index in [-0.39, 0.29) is 30.3 Å². The van der Waals surface area contributed by atoms with Gasteiger partial charge in [-0.25, -0.2) is 9.67 Å². The van der Waals surface area contributed by atoms with Gasteiger partial charge in [-0.05, 0) is 12.8 Å². The van der Waals surface area contributed by atoms with Crippen molar-refractivity contribution in [1.82, 2.24) is 19.7 Å². The number of carbonyl (C=O) groups excluding carboxylic acids is 1. The summed E-state index contributed by atoms with van der Waals surface area (Å²) in [5, 5.41) is 14.3. The largest absolute Gasteiger partial charge is 0.391 e. The molecule has 3 N–H and O–H groups in total. The Balaban J connectivity index is 0.00000243. The van der Waals surface area contributed by atoms with Crippen molar-refractivity contribution in [2.24, 2.45) is 11.7 Å². The Labute approximate surface area is 159 Å². The zero-order chi connectivity index (χ0) is 18.1. The highest BCUT2D eigenvalue weighted by Gasteiger charge is 2.38. The summed E-state index contributed by atoms with van der Waals surface area (Å²) in [6, 6.07) is 8.66. The molecule has 2 aromatic rings. The third-order valence-corrected chi connectivity index (χ3v) is 4.60. The van der Waals surface area contributed by atoms with Crippen LogP contribution in [0.3, 0.4) is 0 Å². The van der Waals surface area contributed by atoms with Crippen LogP contribution in [-0.4, -0.2) is 49.4 Å². The Morgan fingerprint density at radius 3 is 2.46 bits per heavy atom. The highest BCUT2D eigenvalue weighted by Crippen LogP contribution is 2.32. The predicted octanol–water partition coefficient (Wildman–Crippen LogP) is 1.61. The SMILES string of the molecule is CC(C)[C@H]1c2nc(-c3ccccc3)nn2CCN1C(=O)[C@@H](N)[C@@H](C)O.Cl. The number of carbonyl (C=O) groups is 1. The van der Waals surface area contributed by atoms with Crippen LogP contribution in [0.1, 0.15) is 32.6 Å². The molecular weight excluding hydrogens is 354 g/mol. The molecule has 1 aliphatic rings. The van der Waals surface area contributed by atoms with E-state index in [1.54, 1.807) is 4.90 Å². The van der Waals surface area contributed by atoms with Crippen molar-refractivity contribution < 1.29 is 9.90 Å². The first-order valence-electron chi connectivity index (χ1n) is 8.64. The summed E-state index contributed by atoms with van der Waals surface area (Å²) >= 11 is 0. The number of benzene rings is 1. The molecule has 0 radical (unpaired) electrons. The van der Waals surface area contributed by atoms with Crippen LogP contribution < -0.4 is 5.73 Å². The van der Waals surface area contributed by atoms with E-state index in [0.717, 1.165) is 11.4 Å². The van der Waals surface area contributed by atoms with Crippen LogP contribution in [0.15, 0.2) is 30.3 Å². The monoisotopic (exact) mass is 379 g/mol. The van der Waals surface area contributed by atoms with Crippen LogP contribution in [-0.2, 0) is 11.3 Å². The van der Waals surface area contributed by atoms with Gasteiger partial charge >= 0.3 is 0 Å². The molecule has 3 atom stereocenters. The molecule has 0 saturated carbocycles. The molecule has 0 aliphatic carbocycles. The van der Waals surface area contributed by atoms with E-state index in [1.165, 1.54) is 6.92 Å². The number of fused-ring (bicyclic) bond motifs is 1. The summed E-state index contributed by atoms with van der Waals surface area (Å²) in [5.41, 5.74) is 6.83. The van der Waals surface area contributed by atoms with E-state index >= 15 is 0 Å². The lowest BCUT2D eigenvalue weighted by atomic mass is 9.98. The van der Waals surface area contributed by atoms with Crippen molar-refractivity contribution in [3.8, 4) is 11.4 Å². The van der Waals surface area contributed by atoms with Gasteiger partial charge in [-0.15, -0.1) is 12.4 Å². The maximum absolute atomic E-state index is 12.7. The van der Waals surface area contributed by atoms with Gasteiger partial charge in [0.25, 0.3) is 0 Å². The summed E-state index contributed by atoms with van der Waals surface area (Å²) < 4.78 is 1.88. The number of amides is 1. The number of aromatic nitrogens is 3. The lowest BCUT2D eigenvalue weighted by Gasteiger charge is -2.39. The normalized spacial score (nSPS) is 18.8. The molecule has 0 unspecified atom stereocenters. The number of aliphatic hydroxyl groups is 1. The van der Waals surface area contributed by atoms with Gasteiger partial charge in [-0.3, -0.25) is 4.79 Å². The van der Waals surface area contributed by atoms with Gasteiger partial charge in [0.05, 0.1) is 18.7 Å². The molecule has 0 saturated heterocycles. The minimum absolute atomic E-state index is 0. The summed E-state index contributed by atoms with van der Waals surface area (Å²) in [4.78, 5) is 19.2. The molecule has 142 valence electrons. The van der Waals surface area contributed by atoms with E-state index in [0.29, 0.717) is 18.9 Å². The summed E-state index contributed by atoms with van der Waals surface area (Å²) in [7, 11) is 0. The van der Waals surface area contributed by atoms with Crippen molar-refractivity contribution in [3.63, 3.8) is 0 Å². The van der Waals surface area contributed by atoms with Crippen LogP contribution in [0.2, 0.25) is 0 Å². The van der Waals surface area contributed by atoms with E-state index in [2.05, 4.69) is 5.10 Å². The van der Waals surface area contributed by atoms with Gasteiger partial charge in [-0.1, -0.05) is 44.2 Å². The number of hydrogen-bond donors (Lipinski definition) is 2. The van der Waals surface area contributed by atoms with Crippen LogP contribution in [0.5, 0.6) is 0 Å². The minimum atomic E-state index is -0.927. The topological polar surface area (TPSA) is 97.3 Å². The number of aliphatic hydroxyl groups excluding tert-OH is 1. The fourth-order valence-electron chi connectivity index (χ4n) is 3.23. The number of nitrogens with two attached hydrogens (primary N) is 1. The first-order chi connectivity index (χ1) is 11.9. The second kappa shape index (κ2) is 8.16. The molecule has 2 heterocycles. The van der Waals surface area contributed by atoms with Gasteiger partial charge in [0.15, 0.2) is 11.6 Å². The zero-order valence-corrected chi connectivity index (χ0v) is 16.1. The Morgan fingerprint density at radius 2 is 1.88 bits per heavy atom. The van der Waals surface area contributed by atoms with Crippen molar-refractivity contribution in [3.05, 3.63) is 36.2 Å². The average molecular weight is 380 g/mol. The Hall–Kier alpha value is -1.96. The van der Waals surface area contributed by atoms with Gasteiger partial charge in [-0.2, -0.15) is 5.10 Å². The molecule has 0 spiro atoms. The molecule has 1 amide bonds. The third kappa shape index (κ3) is 3.75. The molecule has 26 heavy (non-hydrogen) atoms. The summed E-state index contributed by atoms with van der Waals surface area (Å²) in [6.07, 6.45) is -0.889. The second-order valence-corrected chi connectivity index (χ2v) is 6.87. The fourth-order valence-corrected chi connectivity index (χ4v) is 3.23. The highest BCUT2D eigenvalue weighted by molar-refractivity contribution is 5.85. The lowest BCUT2D eigenvalue weighted by Crippen LogP contribution is -2.54. The van der Waals surface area contributed by atoms with Gasteiger partial charge < -0.3 is 15.7 Å². The average Bonchev–Trinajstić information content (AvgIpc) is 3.04. The number of halogens is 1. The lowest BCUT2D eigenvalue weighted by molar-refractivity contribution is -0.140. The Morgan fingerprint density at radius 1 is 1.23 bits per heavy atom. The third-order valence-electron chi connectivity index (χ3n) is 4.60. The minimum Gasteiger partial charge on any atom is -0.391 e. The second-order valence-electron chi connectivity index (χ2n) is 6.87. The van der Waals surface area contributed by atoms with E-state index in [9.17, 15) is 9.90 Å². The van der Waals surface area contributed by atoms with E-state index < -0.39 is 12.1 Å². The molecule has 0 bridgehead atoms. The van der Waals surface area contributed by atoms with Crippen LogP contribution in [0.25, 0.3) is 11.4 Å². The van der Waals surface area contributed by atoms with E-state index in [1.807, 2.05) is 48.9 Å². The van der Waals surface area contributed by atoms with Gasteiger partial charge in [0, 0.05) is 12.1 Å². The molecule has 1 aliphatic heterocycles. The molecule has 3 rings (SSSR count). The smallest absolute Gasteiger partial charge is 0.242 e. The van der Waals surface area contributed by atoms with Crippen molar-refractivity contribution in [1.29, 1.82) is 0 Å². The van der Waals surface area contributed by atoms with Crippen LogP contribution >= 0.6 is 12.4 Å². The molecule has 8 heteroatoms. The fraction of sp³-hybridized carbons (Fsp3) is 0.500. The van der Waals surface area contributed by atoms with E-state index in [4.69, 9.17) is 10.7 Å². The van der Waals surface area contributed by atoms with Crippen LogP contribution in [0, 0.1) is 5.92 Å². The maximum Gasteiger partial charge on any atom is 0.242 e. The predicted molar refractivity (Wildman–Crippen MR) is 102 cm³/mol. The standard InChI is InChI=1S/C18H25N5O2.ClH/c1-11(2)15-17-20-16(13-7-5-4-6-8-13)21-23(17)10-9-22(15)18(25)14(19)12(3)24;/h4-8,11-12,14-15,24H,9-10,19H2,1-3H3;1H/t12-,14+,15+;/m1./s1. The molecule has 0 fully saturated rings. The summed E-state index contributed by atoms with van der Waals surface area (Å²) in [5.74, 6) is 1.34. The molecular formula is C18H26ClN5O2. The number of nitrogens with zero attached hydrogens (tertiary/aromatic N) is 4. The first-order valence-corrected chi connectivity index (χ1v) is 8.64. The van der Waals surface area contributed by atoms with Gasteiger partial charge in [0.1, 0.15) is 6.04 Å². The van der Waals surface area contributed by atoms with Crippen molar-refractivity contribution in [2.45, 2.75) is 45.5 Å². The first kappa shape index (κ1) is 20.4. The van der Waals surface area contributed by atoms with Crippen molar-refractivity contribution >= 4 is 18.3 Å². The maximum atomic E-state index is 12.7. The van der Waals surface area contributed by atoms with Crippen LogP contribution in [0.4, 0.5) is 0 Å². The molecule has 1 aromatic carbocycles. The quantitative estimate of drug-likeness (QED) is 0.841. The number of rotatable bonds is 4. The summed E-state index contributed by atoms with van der Waals surface area (Å²) in [6.45, 7) is 6.70. The van der Waals surface area contributed by atoms with Crippen molar-refractivity contribution in [2.75, 3.05) is 6.54 Å². The van der Waals surface area contributed by atoms with Gasteiger partial charge in [0.2, 0.25) is 5.91 Å². The number of hydrogen-bond acceptors (Lipinski definition) is 5. The Kier molecular flexibility index (Phi) is 6.39. The molecule has 7 nitrogen and oxygen atoms in total. The highest BCUT2D eigenvalue weighted by atomic mass is 35.5. The Bertz CT molecular complexity index is 747. The molecule has 1 aromatic heterocycles. The zero-order valence-electron chi connectivity index (χ0n) is 15.2.